The van der Waals surface area contributed by atoms with E-state index in [1.165, 1.54) is 37.9 Å². The van der Waals surface area contributed by atoms with E-state index in [9.17, 15) is 4.79 Å². The molecule has 22 heavy (non-hydrogen) atoms. The Morgan fingerprint density at radius 1 is 1.27 bits per heavy atom. The molecule has 1 aliphatic heterocycles. The number of halogens is 1. The SMILES string of the molecule is O=C(CCl)OCCCNc1cccc(CN2CCCCC2)c1. The highest BCUT2D eigenvalue weighted by Gasteiger charge is 2.10. The van der Waals surface area contributed by atoms with E-state index in [4.69, 9.17) is 16.3 Å². The van der Waals surface area contributed by atoms with Crippen LogP contribution in [0.15, 0.2) is 24.3 Å². The van der Waals surface area contributed by atoms with Crippen LogP contribution in [0.5, 0.6) is 0 Å². The lowest BCUT2D eigenvalue weighted by Gasteiger charge is -2.26. The van der Waals surface area contributed by atoms with Gasteiger partial charge in [-0.25, -0.2) is 0 Å². The topological polar surface area (TPSA) is 41.6 Å². The number of benzene rings is 1. The fourth-order valence-corrected chi connectivity index (χ4v) is 2.76. The lowest BCUT2D eigenvalue weighted by atomic mass is 10.1. The Morgan fingerprint density at radius 2 is 2.09 bits per heavy atom. The Balaban J connectivity index is 1.70. The average Bonchev–Trinajstić information content (AvgIpc) is 2.55. The van der Waals surface area contributed by atoms with E-state index in [2.05, 4.69) is 34.5 Å². The van der Waals surface area contributed by atoms with Gasteiger partial charge in [-0.2, -0.15) is 0 Å². The highest BCUT2D eigenvalue weighted by molar-refractivity contribution is 6.26. The molecule has 1 aromatic carbocycles. The first-order valence-corrected chi connectivity index (χ1v) is 8.58. The molecular formula is C17H25ClN2O2. The maximum absolute atomic E-state index is 10.9. The van der Waals surface area contributed by atoms with Crippen molar-refractivity contribution >= 4 is 23.3 Å². The van der Waals surface area contributed by atoms with Crippen LogP contribution >= 0.6 is 11.6 Å². The lowest BCUT2D eigenvalue weighted by Crippen LogP contribution is -2.29. The fourth-order valence-electron chi connectivity index (χ4n) is 2.68. The zero-order chi connectivity index (χ0) is 15.6. The molecule has 1 aromatic rings. The molecule has 1 fully saturated rings. The van der Waals surface area contributed by atoms with Crippen molar-refractivity contribution in [2.75, 3.05) is 37.4 Å². The van der Waals surface area contributed by atoms with Crippen molar-refractivity contribution in [1.29, 1.82) is 0 Å². The van der Waals surface area contributed by atoms with Crippen LogP contribution in [0.4, 0.5) is 5.69 Å². The van der Waals surface area contributed by atoms with Gasteiger partial charge in [-0.3, -0.25) is 9.69 Å². The van der Waals surface area contributed by atoms with E-state index in [0.29, 0.717) is 6.61 Å². The third-order valence-electron chi connectivity index (χ3n) is 3.80. The summed E-state index contributed by atoms with van der Waals surface area (Å²) in [5.41, 5.74) is 2.47. The molecule has 0 atom stereocenters. The Hall–Kier alpha value is -1.26. The summed E-state index contributed by atoms with van der Waals surface area (Å²) < 4.78 is 4.94. The quantitative estimate of drug-likeness (QED) is 0.453. The van der Waals surface area contributed by atoms with Gasteiger partial charge in [-0.1, -0.05) is 18.6 Å². The van der Waals surface area contributed by atoms with Crippen molar-refractivity contribution in [3.63, 3.8) is 0 Å². The molecule has 5 heteroatoms. The molecular weight excluding hydrogens is 300 g/mol. The molecule has 0 spiro atoms. The molecule has 122 valence electrons. The number of carbonyl (C=O) groups is 1. The molecule has 1 saturated heterocycles. The number of rotatable bonds is 8. The number of likely N-dealkylation sites (tertiary alicyclic amines) is 1. The maximum Gasteiger partial charge on any atom is 0.320 e. The predicted octanol–water partition coefficient (Wildman–Crippen LogP) is 3.26. The second kappa shape index (κ2) is 9.70. The standard InChI is InChI=1S/C17H25ClN2O2/c18-13-17(21)22-11-5-8-19-16-7-4-6-15(12-16)14-20-9-2-1-3-10-20/h4,6-7,12,19H,1-3,5,8-11,13-14H2. The van der Waals surface area contributed by atoms with Crippen LogP contribution in [-0.4, -0.2) is 43.0 Å². The summed E-state index contributed by atoms with van der Waals surface area (Å²) >= 11 is 5.36. The zero-order valence-electron chi connectivity index (χ0n) is 13.0. The first kappa shape index (κ1) is 17.1. The molecule has 0 amide bonds. The van der Waals surface area contributed by atoms with E-state index in [1.54, 1.807) is 0 Å². The van der Waals surface area contributed by atoms with E-state index in [1.807, 2.05) is 0 Å². The second-order valence-corrected chi connectivity index (χ2v) is 5.94. The van der Waals surface area contributed by atoms with Gasteiger partial charge in [-0.15, -0.1) is 11.6 Å². The van der Waals surface area contributed by atoms with Gasteiger partial charge in [0.25, 0.3) is 0 Å². The van der Waals surface area contributed by atoms with Crippen molar-refractivity contribution in [2.45, 2.75) is 32.2 Å². The minimum absolute atomic E-state index is 0.0774. The first-order valence-electron chi connectivity index (χ1n) is 8.04. The van der Waals surface area contributed by atoms with Crippen LogP contribution < -0.4 is 5.32 Å². The molecule has 0 aromatic heterocycles. The number of nitrogens with one attached hydrogen (secondary N) is 1. The van der Waals surface area contributed by atoms with Crippen LogP contribution in [0, 0.1) is 0 Å². The summed E-state index contributed by atoms with van der Waals surface area (Å²) in [6, 6.07) is 8.56. The van der Waals surface area contributed by atoms with E-state index in [0.717, 1.165) is 25.2 Å². The fraction of sp³-hybridized carbons (Fsp3) is 0.588. The van der Waals surface area contributed by atoms with Crippen LogP contribution in [0.2, 0.25) is 0 Å². The smallest absolute Gasteiger partial charge is 0.320 e. The molecule has 0 radical (unpaired) electrons. The van der Waals surface area contributed by atoms with Crippen molar-refractivity contribution in [1.82, 2.24) is 4.90 Å². The number of piperidine rings is 1. The average molecular weight is 325 g/mol. The molecule has 1 aliphatic rings. The van der Waals surface area contributed by atoms with Gasteiger partial charge in [-0.05, 0) is 50.0 Å². The van der Waals surface area contributed by atoms with Crippen LogP contribution in [0.3, 0.4) is 0 Å². The number of esters is 1. The van der Waals surface area contributed by atoms with Crippen molar-refractivity contribution < 1.29 is 9.53 Å². The van der Waals surface area contributed by atoms with Gasteiger partial charge < -0.3 is 10.1 Å². The summed E-state index contributed by atoms with van der Waals surface area (Å²) in [7, 11) is 0. The van der Waals surface area contributed by atoms with Gasteiger partial charge >= 0.3 is 5.97 Å². The molecule has 1 N–H and O–H groups in total. The number of nitrogens with zero attached hydrogens (tertiary/aromatic N) is 1. The number of alkyl halides is 1. The monoisotopic (exact) mass is 324 g/mol. The zero-order valence-corrected chi connectivity index (χ0v) is 13.8. The minimum Gasteiger partial charge on any atom is -0.465 e. The molecule has 2 rings (SSSR count). The number of ether oxygens (including phenoxy) is 1. The maximum atomic E-state index is 10.9. The number of anilines is 1. The third-order valence-corrected chi connectivity index (χ3v) is 4.02. The summed E-state index contributed by atoms with van der Waals surface area (Å²) in [6.07, 6.45) is 4.78. The summed E-state index contributed by atoms with van der Waals surface area (Å²) in [6.45, 7) is 4.64. The van der Waals surface area contributed by atoms with Crippen molar-refractivity contribution in [2.24, 2.45) is 0 Å². The molecule has 0 saturated carbocycles. The number of hydrogen-bond donors (Lipinski definition) is 1. The Kier molecular flexibility index (Phi) is 7.54. The molecule has 0 aliphatic carbocycles. The number of carbonyl (C=O) groups excluding carboxylic acids is 1. The Labute approximate surface area is 137 Å². The van der Waals surface area contributed by atoms with Gasteiger partial charge in [0, 0.05) is 18.8 Å². The molecule has 4 nitrogen and oxygen atoms in total. The highest BCUT2D eigenvalue weighted by Crippen LogP contribution is 2.16. The summed E-state index contributed by atoms with van der Waals surface area (Å²) in [4.78, 5) is 13.4. The van der Waals surface area contributed by atoms with Gasteiger partial charge in [0.15, 0.2) is 0 Å². The van der Waals surface area contributed by atoms with Crippen LogP contribution in [-0.2, 0) is 16.1 Å². The van der Waals surface area contributed by atoms with Crippen molar-refractivity contribution in [3.8, 4) is 0 Å². The van der Waals surface area contributed by atoms with Crippen LogP contribution in [0.25, 0.3) is 0 Å². The van der Waals surface area contributed by atoms with Gasteiger partial charge in [0.2, 0.25) is 0 Å². The van der Waals surface area contributed by atoms with Crippen LogP contribution in [0.1, 0.15) is 31.2 Å². The number of hydrogen-bond acceptors (Lipinski definition) is 4. The van der Waals surface area contributed by atoms with E-state index < -0.39 is 0 Å². The third kappa shape index (κ3) is 6.24. The second-order valence-electron chi connectivity index (χ2n) is 5.67. The largest absolute Gasteiger partial charge is 0.465 e. The molecule has 1 heterocycles. The minimum atomic E-state index is -0.356. The normalized spacial score (nSPS) is 15.5. The molecule has 0 bridgehead atoms. The van der Waals surface area contributed by atoms with Crippen molar-refractivity contribution in [3.05, 3.63) is 29.8 Å². The van der Waals surface area contributed by atoms with E-state index in [-0.39, 0.29) is 11.8 Å². The van der Waals surface area contributed by atoms with Gasteiger partial charge in [0.1, 0.15) is 5.88 Å². The van der Waals surface area contributed by atoms with E-state index >= 15 is 0 Å². The predicted molar refractivity (Wildman–Crippen MR) is 90.4 cm³/mol. The summed E-state index contributed by atoms with van der Waals surface area (Å²) in [5.74, 6) is -0.434. The van der Waals surface area contributed by atoms with Gasteiger partial charge in [0.05, 0.1) is 6.61 Å². The molecule has 0 unspecified atom stereocenters. The highest BCUT2D eigenvalue weighted by atomic mass is 35.5. The summed E-state index contributed by atoms with van der Waals surface area (Å²) in [5, 5.41) is 3.37. The first-order chi connectivity index (χ1) is 10.8. The Bertz CT molecular complexity index is 462. The Morgan fingerprint density at radius 3 is 2.86 bits per heavy atom. The lowest BCUT2D eigenvalue weighted by molar-refractivity contribution is -0.140.